The van der Waals surface area contributed by atoms with Gasteiger partial charge in [-0.1, -0.05) is 6.07 Å². The van der Waals surface area contributed by atoms with Gasteiger partial charge in [-0.25, -0.2) is 4.79 Å². The van der Waals surface area contributed by atoms with Crippen LogP contribution in [0.15, 0.2) is 18.2 Å². The zero-order valence-electron chi connectivity index (χ0n) is 15.1. The third-order valence-corrected chi connectivity index (χ3v) is 3.83. The number of carbonyl (C=O) groups is 1. The standard InChI is InChI=1S/C18H29N3O3/c1-18(2,3)24-17(22)20-15-6-5-14(13-16(15)23-4)7-10-21-11-8-19-9-12-21/h5-6,13,19H,7-12H2,1-4H3,(H,20,22). The molecule has 24 heavy (non-hydrogen) atoms. The van der Waals surface area contributed by atoms with Crippen molar-refractivity contribution in [3.05, 3.63) is 23.8 Å². The minimum Gasteiger partial charge on any atom is -0.495 e. The minimum atomic E-state index is -0.527. The molecule has 6 heteroatoms. The highest BCUT2D eigenvalue weighted by atomic mass is 16.6. The molecule has 0 radical (unpaired) electrons. The molecule has 6 nitrogen and oxygen atoms in total. The van der Waals surface area contributed by atoms with Crippen molar-refractivity contribution in [1.82, 2.24) is 10.2 Å². The maximum absolute atomic E-state index is 11.9. The minimum absolute atomic E-state index is 0.477. The van der Waals surface area contributed by atoms with Crippen molar-refractivity contribution in [3.63, 3.8) is 0 Å². The van der Waals surface area contributed by atoms with E-state index < -0.39 is 11.7 Å². The van der Waals surface area contributed by atoms with Gasteiger partial charge in [0.25, 0.3) is 0 Å². The lowest BCUT2D eigenvalue weighted by molar-refractivity contribution is 0.0635. The number of hydrogen-bond acceptors (Lipinski definition) is 5. The molecule has 0 aromatic heterocycles. The largest absolute Gasteiger partial charge is 0.495 e. The molecule has 0 unspecified atom stereocenters. The van der Waals surface area contributed by atoms with E-state index >= 15 is 0 Å². The number of nitrogens with zero attached hydrogens (tertiary/aromatic N) is 1. The first-order chi connectivity index (χ1) is 11.4. The summed E-state index contributed by atoms with van der Waals surface area (Å²) in [5.41, 5.74) is 1.29. The SMILES string of the molecule is COc1cc(CCN2CCNCC2)ccc1NC(=O)OC(C)(C)C. The molecule has 2 N–H and O–H groups in total. The Morgan fingerprint density at radius 3 is 2.62 bits per heavy atom. The summed E-state index contributed by atoms with van der Waals surface area (Å²) in [6, 6.07) is 5.88. The van der Waals surface area contributed by atoms with E-state index in [0.717, 1.165) is 39.1 Å². The number of anilines is 1. The van der Waals surface area contributed by atoms with Gasteiger partial charge < -0.3 is 19.7 Å². The second-order valence-corrected chi connectivity index (χ2v) is 7.00. The fourth-order valence-corrected chi connectivity index (χ4v) is 2.63. The predicted molar refractivity (Wildman–Crippen MR) is 95.9 cm³/mol. The Kier molecular flexibility index (Phi) is 6.45. The zero-order chi connectivity index (χ0) is 17.6. The van der Waals surface area contributed by atoms with E-state index in [4.69, 9.17) is 9.47 Å². The Morgan fingerprint density at radius 2 is 2.00 bits per heavy atom. The Labute approximate surface area is 144 Å². The fourth-order valence-electron chi connectivity index (χ4n) is 2.63. The summed E-state index contributed by atoms with van der Waals surface area (Å²) in [6.45, 7) is 10.8. The molecular formula is C18H29N3O3. The number of carbonyl (C=O) groups excluding carboxylic acids is 1. The molecule has 0 saturated carbocycles. The van der Waals surface area contributed by atoms with E-state index in [1.807, 2.05) is 39.0 Å². The van der Waals surface area contributed by atoms with Crippen molar-refractivity contribution in [2.75, 3.05) is 45.2 Å². The average molecular weight is 335 g/mol. The van der Waals surface area contributed by atoms with E-state index in [0.29, 0.717) is 11.4 Å². The van der Waals surface area contributed by atoms with Gasteiger partial charge in [-0.3, -0.25) is 5.32 Å². The van der Waals surface area contributed by atoms with Crippen molar-refractivity contribution in [3.8, 4) is 5.75 Å². The Balaban J connectivity index is 1.95. The molecule has 1 aromatic carbocycles. The van der Waals surface area contributed by atoms with E-state index in [2.05, 4.69) is 15.5 Å². The smallest absolute Gasteiger partial charge is 0.412 e. The van der Waals surface area contributed by atoms with Crippen molar-refractivity contribution in [2.24, 2.45) is 0 Å². The number of piperazine rings is 1. The third-order valence-electron chi connectivity index (χ3n) is 3.83. The van der Waals surface area contributed by atoms with Gasteiger partial charge in [0, 0.05) is 32.7 Å². The normalized spacial score (nSPS) is 15.8. The summed E-state index contributed by atoms with van der Waals surface area (Å²) < 4.78 is 10.7. The first kappa shape index (κ1) is 18.5. The van der Waals surface area contributed by atoms with Crippen LogP contribution in [0.25, 0.3) is 0 Å². The van der Waals surface area contributed by atoms with Gasteiger partial charge in [0.1, 0.15) is 11.4 Å². The van der Waals surface area contributed by atoms with Gasteiger partial charge in [0.15, 0.2) is 0 Å². The molecule has 1 saturated heterocycles. The molecule has 134 valence electrons. The maximum atomic E-state index is 11.9. The molecule has 0 spiro atoms. The number of methoxy groups -OCH3 is 1. The van der Waals surface area contributed by atoms with Crippen LogP contribution in [-0.4, -0.2) is 56.4 Å². The number of ether oxygens (including phenoxy) is 2. The highest BCUT2D eigenvalue weighted by Crippen LogP contribution is 2.26. The molecule has 1 aromatic rings. The summed E-state index contributed by atoms with van der Waals surface area (Å²) in [5.74, 6) is 0.652. The predicted octanol–water partition coefficient (Wildman–Crippen LogP) is 2.49. The van der Waals surface area contributed by atoms with Crippen LogP contribution in [0.1, 0.15) is 26.3 Å². The van der Waals surface area contributed by atoms with Crippen LogP contribution < -0.4 is 15.4 Å². The lowest BCUT2D eigenvalue weighted by Gasteiger charge is -2.27. The Morgan fingerprint density at radius 1 is 1.29 bits per heavy atom. The summed E-state index contributed by atoms with van der Waals surface area (Å²) in [5, 5.41) is 6.10. The number of nitrogens with one attached hydrogen (secondary N) is 2. The molecule has 1 aliphatic rings. The first-order valence-electron chi connectivity index (χ1n) is 8.47. The fraction of sp³-hybridized carbons (Fsp3) is 0.611. The molecule has 0 atom stereocenters. The molecule has 1 aliphatic heterocycles. The molecular weight excluding hydrogens is 306 g/mol. The second-order valence-electron chi connectivity index (χ2n) is 7.00. The second kappa shape index (κ2) is 8.35. The first-order valence-corrected chi connectivity index (χ1v) is 8.47. The van der Waals surface area contributed by atoms with Crippen molar-refractivity contribution in [2.45, 2.75) is 32.8 Å². The summed E-state index contributed by atoms with van der Waals surface area (Å²) in [4.78, 5) is 14.4. The molecule has 0 bridgehead atoms. The lowest BCUT2D eigenvalue weighted by Crippen LogP contribution is -2.44. The molecule has 1 heterocycles. The van der Waals surface area contributed by atoms with E-state index in [1.165, 1.54) is 5.56 Å². The summed E-state index contributed by atoms with van der Waals surface area (Å²) in [7, 11) is 1.61. The maximum Gasteiger partial charge on any atom is 0.412 e. The van der Waals surface area contributed by atoms with Gasteiger partial charge in [0.05, 0.1) is 12.8 Å². The van der Waals surface area contributed by atoms with Crippen molar-refractivity contribution < 1.29 is 14.3 Å². The number of benzene rings is 1. The van der Waals surface area contributed by atoms with E-state index in [1.54, 1.807) is 7.11 Å². The van der Waals surface area contributed by atoms with Crippen LogP contribution in [0.2, 0.25) is 0 Å². The van der Waals surface area contributed by atoms with Gasteiger partial charge in [-0.05, 0) is 44.9 Å². The topological polar surface area (TPSA) is 62.8 Å². The van der Waals surface area contributed by atoms with Crippen molar-refractivity contribution in [1.29, 1.82) is 0 Å². The summed E-state index contributed by atoms with van der Waals surface area (Å²) in [6.07, 6.45) is 0.484. The van der Waals surface area contributed by atoms with E-state index in [9.17, 15) is 4.79 Å². The lowest BCUT2D eigenvalue weighted by atomic mass is 10.1. The van der Waals surface area contributed by atoms with Crippen LogP contribution >= 0.6 is 0 Å². The van der Waals surface area contributed by atoms with Gasteiger partial charge in [0.2, 0.25) is 0 Å². The van der Waals surface area contributed by atoms with Crippen LogP contribution in [-0.2, 0) is 11.2 Å². The summed E-state index contributed by atoms with van der Waals surface area (Å²) >= 11 is 0. The quantitative estimate of drug-likeness (QED) is 0.866. The Bertz CT molecular complexity index is 549. The number of amides is 1. The van der Waals surface area contributed by atoms with E-state index in [-0.39, 0.29) is 0 Å². The average Bonchev–Trinajstić information content (AvgIpc) is 2.53. The zero-order valence-corrected chi connectivity index (χ0v) is 15.1. The number of hydrogen-bond donors (Lipinski definition) is 2. The molecule has 1 fully saturated rings. The van der Waals surface area contributed by atoms with Gasteiger partial charge in [-0.15, -0.1) is 0 Å². The van der Waals surface area contributed by atoms with Gasteiger partial charge >= 0.3 is 6.09 Å². The van der Waals surface area contributed by atoms with Crippen LogP contribution in [0.5, 0.6) is 5.75 Å². The van der Waals surface area contributed by atoms with Crippen molar-refractivity contribution >= 4 is 11.8 Å². The number of rotatable bonds is 5. The molecule has 2 rings (SSSR count). The molecule has 1 amide bonds. The third kappa shape index (κ3) is 6.02. The molecule has 0 aliphatic carbocycles. The van der Waals surface area contributed by atoms with Crippen LogP contribution in [0, 0.1) is 0 Å². The van der Waals surface area contributed by atoms with Gasteiger partial charge in [-0.2, -0.15) is 0 Å². The van der Waals surface area contributed by atoms with Crippen LogP contribution in [0.4, 0.5) is 10.5 Å². The highest BCUT2D eigenvalue weighted by molar-refractivity contribution is 5.87. The highest BCUT2D eigenvalue weighted by Gasteiger charge is 2.17. The monoisotopic (exact) mass is 335 g/mol. The van der Waals surface area contributed by atoms with Crippen LogP contribution in [0.3, 0.4) is 0 Å². The Hall–Kier alpha value is -1.79.